The van der Waals surface area contributed by atoms with Crippen molar-refractivity contribution < 1.29 is 9.18 Å². The number of halogens is 1. The fourth-order valence-electron chi connectivity index (χ4n) is 2.11. The summed E-state index contributed by atoms with van der Waals surface area (Å²) in [6.45, 7) is 5.76. The van der Waals surface area contributed by atoms with E-state index in [1.807, 2.05) is 0 Å². The zero-order chi connectivity index (χ0) is 10.8. The molecule has 0 heterocycles. The Kier molecular flexibility index (Phi) is 3.68. The number of ketones is 1. The minimum atomic E-state index is -1.02. The number of alkyl halides is 1. The highest BCUT2D eigenvalue weighted by Gasteiger charge is 2.33. The van der Waals surface area contributed by atoms with Crippen molar-refractivity contribution in [2.75, 3.05) is 0 Å². The molecule has 0 amide bonds. The summed E-state index contributed by atoms with van der Waals surface area (Å²) in [5.74, 6) is 0.915. The van der Waals surface area contributed by atoms with E-state index < -0.39 is 5.67 Å². The van der Waals surface area contributed by atoms with Crippen LogP contribution in [0.2, 0.25) is 0 Å². The molecule has 1 nitrogen and oxygen atoms in total. The molecule has 1 fully saturated rings. The molecule has 2 heteroatoms. The Morgan fingerprint density at radius 1 is 1.43 bits per heavy atom. The summed E-state index contributed by atoms with van der Waals surface area (Å²) >= 11 is 0. The van der Waals surface area contributed by atoms with E-state index >= 15 is 0 Å². The van der Waals surface area contributed by atoms with Gasteiger partial charge in [-0.3, -0.25) is 4.79 Å². The summed E-state index contributed by atoms with van der Waals surface area (Å²) in [7, 11) is 0. The molecule has 0 N–H and O–H groups in total. The van der Waals surface area contributed by atoms with Crippen molar-refractivity contribution in [1.29, 1.82) is 0 Å². The first-order chi connectivity index (χ1) is 6.41. The average molecular weight is 200 g/mol. The summed E-state index contributed by atoms with van der Waals surface area (Å²) in [5.41, 5.74) is -1.02. The van der Waals surface area contributed by atoms with Crippen LogP contribution >= 0.6 is 0 Å². The van der Waals surface area contributed by atoms with E-state index in [2.05, 4.69) is 13.8 Å². The van der Waals surface area contributed by atoms with Gasteiger partial charge in [-0.25, -0.2) is 4.39 Å². The zero-order valence-corrected chi connectivity index (χ0v) is 9.48. The normalized spacial score (nSPS) is 33.4. The van der Waals surface area contributed by atoms with Crippen LogP contribution in [0.25, 0.3) is 0 Å². The summed E-state index contributed by atoms with van der Waals surface area (Å²) in [6.07, 6.45) is 3.27. The third-order valence-electron chi connectivity index (χ3n) is 3.09. The van der Waals surface area contributed by atoms with Gasteiger partial charge in [-0.15, -0.1) is 0 Å². The van der Waals surface area contributed by atoms with Crippen LogP contribution in [0.1, 0.15) is 52.9 Å². The van der Waals surface area contributed by atoms with Crippen molar-refractivity contribution >= 4 is 5.78 Å². The molecule has 0 spiro atoms. The van der Waals surface area contributed by atoms with Crippen molar-refractivity contribution in [2.24, 2.45) is 11.8 Å². The number of Topliss-reactive ketones (excluding diaryl/α,β-unsaturated/α-hetero) is 1. The number of rotatable bonds is 3. The summed E-state index contributed by atoms with van der Waals surface area (Å²) < 4.78 is 13.5. The average Bonchev–Trinajstić information content (AvgIpc) is 2.02. The SMILES string of the molecule is CC(C)CC(=O)C1CCC(C)(F)CC1. The zero-order valence-electron chi connectivity index (χ0n) is 9.48. The Morgan fingerprint density at radius 3 is 2.36 bits per heavy atom. The van der Waals surface area contributed by atoms with Gasteiger partial charge in [-0.2, -0.15) is 0 Å². The number of carbonyl (C=O) groups excluding carboxylic acids is 1. The molecule has 1 saturated carbocycles. The molecular weight excluding hydrogens is 179 g/mol. The van der Waals surface area contributed by atoms with Crippen LogP contribution in [0.5, 0.6) is 0 Å². The van der Waals surface area contributed by atoms with Crippen LogP contribution in [0, 0.1) is 11.8 Å². The quantitative estimate of drug-likeness (QED) is 0.681. The third kappa shape index (κ3) is 3.39. The largest absolute Gasteiger partial charge is 0.299 e. The highest BCUT2D eigenvalue weighted by molar-refractivity contribution is 5.81. The lowest BCUT2D eigenvalue weighted by molar-refractivity contribution is -0.125. The van der Waals surface area contributed by atoms with Gasteiger partial charge >= 0.3 is 0 Å². The Labute approximate surface area is 86.1 Å². The lowest BCUT2D eigenvalue weighted by Crippen LogP contribution is -2.30. The maximum atomic E-state index is 13.5. The smallest absolute Gasteiger partial charge is 0.136 e. The molecular formula is C12H21FO. The number of hydrogen-bond acceptors (Lipinski definition) is 1. The standard InChI is InChI=1S/C12H21FO/c1-9(2)8-11(14)10-4-6-12(3,13)7-5-10/h9-10H,4-8H2,1-3H3. The maximum absolute atomic E-state index is 13.5. The molecule has 0 saturated heterocycles. The maximum Gasteiger partial charge on any atom is 0.136 e. The summed E-state index contributed by atoms with van der Waals surface area (Å²) in [5, 5.41) is 0. The second-order valence-electron chi connectivity index (χ2n) is 5.25. The Morgan fingerprint density at radius 2 is 1.93 bits per heavy atom. The van der Waals surface area contributed by atoms with E-state index in [9.17, 15) is 9.18 Å². The molecule has 0 aromatic heterocycles. The lowest BCUT2D eigenvalue weighted by Gasteiger charge is -2.30. The van der Waals surface area contributed by atoms with Gasteiger partial charge in [0, 0.05) is 12.3 Å². The molecule has 0 aromatic carbocycles. The van der Waals surface area contributed by atoms with Crippen molar-refractivity contribution in [1.82, 2.24) is 0 Å². The first-order valence-corrected chi connectivity index (χ1v) is 5.62. The van der Waals surface area contributed by atoms with Crippen LogP contribution in [-0.4, -0.2) is 11.5 Å². The van der Waals surface area contributed by atoms with Gasteiger partial charge in [0.2, 0.25) is 0 Å². The van der Waals surface area contributed by atoms with Crippen LogP contribution in [0.15, 0.2) is 0 Å². The second kappa shape index (κ2) is 4.41. The first kappa shape index (κ1) is 11.7. The van der Waals surface area contributed by atoms with E-state index in [-0.39, 0.29) is 5.92 Å². The predicted octanol–water partition coefficient (Wildman–Crippen LogP) is 3.52. The molecule has 0 unspecified atom stereocenters. The predicted molar refractivity (Wildman–Crippen MR) is 55.9 cm³/mol. The van der Waals surface area contributed by atoms with Gasteiger partial charge in [0.05, 0.1) is 0 Å². The molecule has 0 aromatic rings. The monoisotopic (exact) mass is 200 g/mol. The third-order valence-corrected chi connectivity index (χ3v) is 3.09. The Bertz CT molecular complexity index is 198. The molecule has 1 aliphatic rings. The van der Waals surface area contributed by atoms with E-state index in [4.69, 9.17) is 0 Å². The Balaban J connectivity index is 2.38. The molecule has 0 aliphatic heterocycles. The molecule has 0 bridgehead atoms. The Hall–Kier alpha value is -0.400. The molecule has 14 heavy (non-hydrogen) atoms. The summed E-state index contributed by atoms with van der Waals surface area (Å²) in [6, 6.07) is 0. The molecule has 0 radical (unpaired) electrons. The highest BCUT2D eigenvalue weighted by Crippen LogP contribution is 2.35. The second-order valence-corrected chi connectivity index (χ2v) is 5.25. The van der Waals surface area contributed by atoms with Crippen LogP contribution in [0.4, 0.5) is 4.39 Å². The van der Waals surface area contributed by atoms with Gasteiger partial charge in [-0.1, -0.05) is 13.8 Å². The van der Waals surface area contributed by atoms with E-state index in [0.717, 1.165) is 12.8 Å². The van der Waals surface area contributed by atoms with Crippen molar-refractivity contribution in [3.8, 4) is 0 Å². The fourth-order valence-corrected chi connectivity index (χ4v) is 2.11. The van der Waals surface area contributed by atoms with Gasteiger partial charge in [0.15, 0.2) is 0 Å². The van der Waals surface area contributed by atoms with Gasteiger partial charge in [0.25, 0.3) is 0 Å². The minimum Gasteiger partial charge on any atom is -0.299 e. The van der Waals surface area contributed by atoms with Gasteiger partial charge in [-0.05, 0) is 38.5 Å². The number of carbonyl (C=O) groups is 1. The van der Waals surface area contributed by atoms with E-state index in [1.165, 1.54) is 0 Å². The fraction of sp³-hybridized carbons (Fsp3) is 0.917. The van der Waals surface area contributed by atoms with Crippen molar-refractivity contribution in [3.05, 3.63) is 0 Å². The first-order valence-electron chi connectivity index (χ1n) is 5.62. The van der Waals surface area contributed by atoms with Crippen LogP contribution < -0.4 is 0 Å². The minimum absolute atomic E-state index is 0.140. The number of hydrogen-bond donors (Lipinski definition) is 0. The van der Waals surface area contributed by atoms with Crippen molar-refractivity contribution in [2.45, 2.75) is 58.5 Å². The topological polar surface area (TPSA) is 17.1 Å². The van der Waals surface area contributed by atoms with E-state index in [0.29, 0.717) is 31.0 Å². The van der Waals surface area contributed by atoms with Gasteiger partial charge < -0.3 is 0 Å². The van der Waals surface area contributed by atoms with Gasteiger partial charge in [0.1, 0.15) is 11.5 Å². The molecule has 1 aliphatic carbocycles. The molecule has 1 rings (SSSR count). The van der Waals surface area contributed by atoms with Crippen LogP contribution in [0.3, 0.4) is 0 Å². The van der Waals surface area contributed by atoms with Crippen LogP contribution in [-0.2, 0) is 4.79 Å². The van der Waals surface area contributed by atoms with E-state index in [1.54, 1.807) is 6.92 Å². The van der Waals surface area contributed by atoms with Crippen molar-refractivity contribution in [3.63, 3.8) is 0 Å². The molecule has 0 atom stereocenters. The molecule has 82 valence electrons. The highest BCUT2D eigenvalue weighted by atomic mass is 19.1. The summed E-state index contributed by atoms with van der Waals surface area (Å²) in [4.78, 5) is 11.7. The lowest BCUT2D eigenvalue weighted by atomic mass is 9.78.